The quantitative estimate of drug-likeness (QED) is 0.510. The molecule has 1 atom stereocenters. The van der Waals surface area contributed by atoms with E-state index >= 15 is 0 Å². The van der Waals surface area contributed by atoms with Gasteiger partial charge in [0.1, 0.15) is 5.82 Å². The number of benzene rings is 2. The minimum Gasteiger partial charge on any atom is -0.481 e. The highest BCUT2D eigenvalue weighted by Crippen LogP contribution is 2.43. The normalized spacial score (nSPS) is 16.7. The van der Waals surface area contributed by atoms with E-state index < -0.39 is 39.3 Å². The number of nitrogens with zero attached hydrogens (tertiary/aromatic N) is 1. The number of alkyl halides is 3. The molecule has 4 rings (SSSR count). The van der Waals surface area contributed by atoms with Gasteiger partial charge in [-0.3, -0.25) is 4.79 Å². The van der Waals surface area contributed by atoms with Crippen LogP contribution in [0, 0.1) is 5.82 Å². The van der Waals surface area contributed by atoms with E-state index in [4.69, 9.17) is 0 Å². The SMILES string of the molecule is CS(=O)(=O)c1cc(F)cc2c3c(n(Cc4ccc(C(F)(F)F)cc4)c12)[C@@H](CC(=O)O)CCC3. The number of aliphatic carboxylic acids is 1. The van der Waals surface area contributed by atoms with Crippen LogP contribution < -0.4 is 0 Å². The first-order valence-electron chi connectivity index (χ1n) is 10.3. The van der Waals surface area contributed by atoms with Crippen LogP contribution in [0.5, 0.6) is 0 Å². The molecule has 33 heavy (non-hydrogen) atoms. The second kappa shape index (κ2) is 8.16. The van der Waals surface area contributed by atoms with Gasteiger partial charge in [0.15, 0.2) is 9.84 Å². The molecule has 2 aromatic carbocycles. The number of halogens is 4. The molecule has 0 bridgehead atoms. The third-order valence-corrected chi connectivity index (χ3v) is 7.15. The second-order valence-corrected chi connectivity index (χ2v) is 10.4. The fourth-order valence-corrected chi connectivity index (χ4v) is 5.63. The monoisotopic (exact) mass is 483 g/mol. The van der Waals surface area contributed by atoms with Gasteiger partial charge in [-0.1, -0.05) is 12.1 Å². The molecule has 0 saturated heterocycles. The highest BCUT2D eigenvalue weighted by Gasteiger charge is 2.33. The molecule has 1 aliphatic carbocycles. The number of carboxylic acid groups (broad SMARTS) is 1. The van der Waals surface area contributed by atoms with Gasteiger partial charge in [0.2, 0.25) is 0 Å². The summed E-state index contributed by atoms with van der Waals surface area (Å²) in [5, 5.41) is 9.81. The van der Waals surface area contributed by atoms with Gasteiger partial charge < -0.3 is 9.67 Å². The summed E-state index contributed by atoms with van der Waals surface area (Å²) in [7, 11) is -3.86. The number of hydrogen-bond donors (Lipinski definition) is 1. The Kier molecular flexibility index (Phi) is 5.76. The van der Waals surface area contributed by atoms with Crippen molar-refractivity contribution < 1.29 is 35.9 Å². The number of aromatic nitrogens is 1. The summed E-state index contributed by atoms with van der Waals surface area (Å²) in [4.78, 5) is 11.3. The second-order valence-electron chi connectivity index (χ2n) is 8.40. The molecule has 0 amide bonds. The van der Waals surface area contributed by atoms with E-state index in [0.29, 0.717) is 41.5 Å². The minimum atomic E-state index is -4.49. The zero-order chi connectivity index (χ0) is 24.1. The highest BCUT2D eigenvalue weighted by molar-refractivity contribution is 7.91. The maximum atomic E-state index is 14.4. The predicted molar refractivity (Wildman–Crippen MR) is 113 cm³/mol. The summed E-state index contributed by atoms with van der Waals surface area (Å²) >= 11 is 0. The van der Waals surface area contributed by atoms with Gasteiger partial charge in [0, 0.05) is 29.8 Å². The van der Waals surface area contributed by atoms with Crippen molar-refractivity contribution in [1.82, 2.24) is 4.57 Å². The average molecular weight is 483 g/mol. The fraction of sp³-hybridized carbons (Fsp3) is 0.348. The first kappa shape index (κ1) is 23.3. The number of fused-ring (bicyclic) bond motifs is 3. The van der Waals surface area contributed by atoms with Crippen molar-refractivity contribution in [2.24, 2.45) is 0 Å². The molecule has 0 saturated carbocycles. The maximum Gasteiger partial charge on any atom is 0.416 e. The third-order valence-electron chi connectivity index (χ3n) is 6.04. The number of sulfone groups is 1. The fourth-order valence-electron chi connectivity index (χ4n) is 4.73. The highest BCUT2D eigenvalue weighted by atomic mass is 32.2. The largest absolute Gasteiger partial charge is 0.481 e. The molecule has 1 N–H and O–H groups in total. The smallest absolute Gasteiger partial charge is 0.416 e. The van der Waals surface area contributed by atoms with Gasteiger partial charge in [-0.15, -0.1) is 0 Å². The van der Waals surface area contributed by atoms with Crippen LogP contribution in [0.3, 0.4) is 0 Å². The van der Waals surface area contributed by atoms with Crippen LogP contribution in [0.4, 0.5) is 17.6 Å². The molecule has 1 aliphatic rings. The Morgan fingerprint density at radius 2 is 1.85 bits per heavy atom. The van der Waals surface area contributed by atoms with Gasteiger partial charge in [-0.2, -0.15) is 13.2 Å². The van der Waals surface area contributed by atoms with Crippen molar-refractivity contribution in [2.45, 2.75) is 49.2 Å². The number of hydrogen-bond acceptors (Lipinski definition) is 3. The zero-order valence-electron chi connectivity index (χ0n) is 17.6. The molecule has 5 nitrogen and oxygen atoms in total. The Labute approximate surface area is 187 Å². The van der Waals surface area contributed by atoms with E-state index in [-0.39, 0.29) is 23.4 Å². The van der Waals surface area contributed by atoms with Crippen LogP contribution in [0.25, 0.3) is 10.9 Å². The summed E-state index contributed by atoms with van der Waals surface area (Å²) in [5.41, 5.74) is 1.22. The van der Waals surface area contributed by atoms with Crippen LogP contribution in [0.15, 0.2) is 41.3 Å². The Bertz CT molecular complexity index is 1340. The summed E-state index contributed by atoms with van der Waals surface area (Å²) in [6.07, 6.45) is -1.98. The van der Waals surface area contributed by atoms with Crippen molar-refractivity contribution in [2.75, 3.05) is 6.26 Å². The number of carboxylic acids is 1. The third kappa shape index (κ3) is 4.48. The summed E-state index contributed by atoms with van der Waals surface area (Å²) in [5.74, 6) is -2.17. The van der Waals surface area contributed by atoms with Gasteiger partial charge in [-0.25, -0.2) is 12.8 Å². The molecule has 3 aromatic rings. The lowest BCUT2D eigenvalue weighted by atomic mass is 9.84. The first-order valence-corrected chi connectivity index (χ1v) is 12.2. The van der Waals surface area contributed by atoms with Gasteiger partial charge in [-0.05, 0) is 54.7 Å². The molecule has 0 radical (unpaired) electrons. The topological polar surface area (TPSA) is 76.4 Å². The van der Waals surface area contributed by atoms with E-state index in [9.17, 15) is 35.9 Å². The molecule has 0 fully saturated rings. The average Bonchev–Trinajstić information content (AvgIpc) is 3.00. The van der Waals surface area contributed by atoms with Gasteiger partial charge >= 0.3 is 12.1 Å². The Hall–Kier alpha value is -2.88. The lowest BCUT2D eigenvalue weighted by Crippen LogP contribution is -2.18. The van der Waals surface area contributed by atoms with Crippen molar-refractivity contribution in [3.63, 3.8) is 0 Å². The molecule has 10 heteroatoms. The molecule has 0 unspecified atom stereocenters. The molecule has 0 spiro atoms. The van der Waals surface area contributed by atoms with Crippen molar-refractivity contribution in [1.29, 1.82) is 0 Å². The van der Waals surface area contributed by atoms with Crippen LogP contribution in [-0.2, 0) is 33.8 Å². The van der Waals surface area contributed by atoms with Crippen LogP contribution in [-0.4, -0.2) is 30.3 Å². The summed E-state index contributed by atoms with van der Waals surface area (Å²) < 4.78 is 80.0. The standard InChI is InChI=1S/C23H21F4NO4S/c1-33(31,32)19-11-16(24)10-18-17-4-2-3-14(9-20(29)30)21(17)28(22(18)19)12-13-5-7-15(8-6-13)23(25,26)27/h5-8,10-11,14H,2-4,9,12H2,1H3,(H,29,30)/t14-/m1/s1. The maximum absolute atomic E-state index is 14.4. The predicted octanol–water partition coefficient (Wildman–Crippen LogP) is 5.15. The van der Waals surface area contributed by atoms with E-state index in [0.717, 1.165) is 24.5 Å². The van der Waals surface area contributed by atoms with Crippen LogP contribution in [0.2, 0.25) is 0 Å². The van der Waals surface area contributed by atoms with Crippen molar-refractivity contribution in [3.05, 3.63) is 64.6 Å². The molecular formula is C23H21F4NO4S. The lowest BCUT2D eigenvalue weighted by molar-refractivity contribution is -0.138. The van der Waals surface area contributed by atoms with E-state index in [2.05, 4.69) is 0 Å². The van der Waals surface area contributed by atoms with E-state index in [1.54, 1.807) is 4.57 Å². The molecular weight excluding hydrogens is 462 g/mol. The summed E-state index contributed by atoms with van der Waals surface area (Å²) in [6, 6.07) is 6.67. The minimum absolute atomic E-state index is 0.0221. The van der Waals surface area contributed by atoms with E-state index in [1.807, 2.05) is 0 Å². The lowest BCUT2D eigenvalue weighted by Gasteiger charge is -2.25. The first-order chi connectivity index (χ1) is 15.4. The zero-order valence-corrected chi connectivity index (χ0v) is 18.4. The number of rotatable bonds is 5. The van der Waals surface area contributed by atoms with Crippen molar-refractivity contribution >= 4 is 26.7 Å². The Balaban J connectivity index is 1.97. The number of aryl methyl sites for hydroxylation is 1. The molecule has 176 valence electrons. The Morgan fingerprint density at radius 3 is 2.42 bits per heavy atom. The van der Waals surface area contributed by atoms with E-state index in [1.165, 1.54) is 18.2 Å². The van der Waals surface area contributed by atoms with Crippen LogP contribution >= 0.6 is 0 Å². The van der Waals surface area contributed by atoms with Gasteiger partial charge in [0.25, 0.3) is 0 Å². The Morgan fingerprint density at radius 1 is 1.18 bits per heavy atom. The molecule has 1 aromatic heterocycles. The van der Waals surface area contributed by atoms with Crippen LogP contribution in [0.1, 0.15) is 47.6 Å². The number of carbonyl (C=O) groups is 1. The summed E-state index contributed by atoms with van der Waals surface area (Å²) in [6.45, 7) is 0.0221. The van der Waals surface area contributed by atoms with Crippen molar-refractivity contribution in [3.8, 4) is 0 Å². The van der Waals surface area contributed by atoms with Gasteiger partial charge in [0.05, 0.1) is 22.4 Å². The molecule has 0 aliphatic heterocycles. The molecule has 1 heterocycles.